The molecule has 0 saturated carbocycles. The van der Waals surface area contributed by atoms with Crippen LogP contribution in [0.5, 0.6) is 5.75 Å². The summed E-state index contributed by atoms with van der Waals surface area (Å²) in [4.78, 5) is 7.83. The molecule has 12 heteroatoms. The van der Waals surface area contributed by atoms with Crippen molar-refractivity contribution in [3.8, 4) is 17.1 Å². The summed E-state index contributed by atoms with van der Waals surface area (Å²) >= 11 is 0. The second-order valence-corrected chi connectivity index (χ2v) is 6.45. The second-order valence-electron chi connectivity index (χ2n) is 6.45. The predicted octanol–water partition coefficient (Wildman–Crippen LogP) is 3.42. The lowest BCUT2D eigenvalue weighted by Gasteiger charge is -2.18. The van der Waals surface area contributed by atoms with Crippen LogP contribution in [0.15, 0.2) is 24.4 Å². The van der Waals surface area contributed by atoms with E-state index < -0.39 is 29.4 Å². The molecule has 0 aliphatic carbocycles. The van der Waals surface area contributed by atoms with Gasteiger partial charge in [0, 0.05) is 18.3 Å². The highest BCUT2D eigenvalue weighted by atomic mass is 19.4. The van der Waals surface area contributed by atoms with Crippen LogP contribution >= 0.6 is 0 Å². The number of rotatable bonds is 8. The Morgan fingerprint density at radius 3 is 2.53 bits per heavy atom. The summed E-state index contributed by atoms with van der Waals surface area (Å²) in [6.45, 7) is 1.88. The van der Waals surface area contributed by atoms with Crippen molar-refractivity contribution in [2.45, 2.75) is 25.6 Å². The summed E-state index contributed by atoms with van der Waals surface area (Å²) in [5.41, 5.74) is -0.530. The van der Waals surface area contributed by atoms with Gasteiger partial charge in [0.25, 0.3) is 5.78 Å². The highest BCUT2D eigenvalue weighted by Crippen LogP contribution is 2.29. The van der Waals surface area contributed by atoms with Gasteiger partial charge < -0.3 is 15.4 Å². The minimum Gasteiger partial charge on any atom is -0.493 e. The zero-order valence-electron chi connectivity index (χ0n) is 16.1. The fourth-order valence-electron chi connectivity index (χ4n) is 2.60. The Balaban J connectivity index is 1.91. The van der Waals surface area contributed by atoms with Crippen molar-refractivity contribution in [2.75, 3.05) is 25.5 Å². The standard InChI is InChI=1S/C18H19F5N6O/c1-10(18(21,22)23)26-14-4-6-25-17-27-16(28-29(14)17)15-12(19)8-11(9-13(15)20)30-7-3-5-24-2/h4,6,8-10,24,26H,3,5,7H2,1-2H3/t10-/m0/s1. The average molecular weight is 430 g/mol. The number of anilines is 1. The summed E-state index contributed by atoms with van der Waals surface area (Å²) in [5.74, 6) is -2.47. The van der Waals surface area contributed by atoms with Crippen LogP contribution in [0, 0.1) is 11.6 Å². The van der Waals surface area contributed by atoms with Crippen LogP contribution in [0.2, 0.25) is 0 Å². The van der Waals surface area contributed by atoms with E-state index in [1.807, 2.05) is 0 Å². The smallest absolute Gasteiger partial charge is 0.408 e. The maximum absolute atomic E-state index is 14.6. The largest absolute Gasteiger partial charge is 0.493 e. The molecule has 2 heterocycles. The van der Waals surface area contributed by atoms with Crippen molar-refractivity contribution >= 4 is 11.6 Å². The minimum absolute atomic E-state index is 0.00750. The third-order valence-corrected chi connectivity index (χ3v) is 4.18. The van der Waals surface area contributed by atoms with Crippen molar-refractivity contribution in [1.82, 2.24) is 24.9 Å². The fourth-order valence-corrected chi connectivity index (χ4v) is 2.60. The van der Waals surface area contributed by atoms with Crippen LogP contribution in [0.3, 0.4) is 0 Å². The molecule has 0 bridgehead atoms. The number of nitrogens with one attached hydrogen (secondary N) is 2. The highest BCUT2D eigenvalue weighted by Gasteiger charge is 2.36. The van der Waals surface area contributed by atoms with Crippen LogP contribution in [-0.4, -0.2) is 52.0 Å². The van der Waals surface area contributed by atoms with Gasteiger partial charge in [-0.05, 0) is 33.0 Å². The van der Waals surface area contributed by atoms with Gasteiger partial charge in [0.05, 0.1) is 12.2 Å². The quantitative estimate of drug-likeness (QED) is 0.421. The molecule has 3 aromatic rings. The molecule has 3 rings (SSSR count). The first-order valence-electron chi connectivity index (χ1n) is 9.02. The molecule has 0 unspecified atom stereocenters. The van der Waals surface area contributed by atoms with Gasteiger partial charge in [0.2, 0.25) is 0 Å². The maximum atomic E-state index is 14.6. The Morgan fingerprint density at radius 2 is 1.90 bits per heavy atom. The Morgan fingerprint density at radius 1 is 1.20 bits per heavy atom. The number of fused-ring (bicyclic) bond motifs is 1. The van der Waals surface area contributed by atoms with E-state index in [0.29, 0.717) is 13.0 Å². The van der Waals surface area contributed by atoms with Gasteiger partial charge >= 0.3 is 6.18 Å². The zero-order chi connectivity index (χ0) is 21.9. The molecular weight excluding hydrogens is 411 g/mol. The van der Waals surface area contributed by atoms with Crippen LogP contribution in [0.25, 0.3) is 17.2 Å². The molecule has 1 atom stereocenters. The molecule has 2 aromatic heterocycles. The van der Waals surface area contributed by atoms with Crippen molar-refractivity contribution in [1.29, 1.82) is 0 Å². The number of halogens is 5. The number of alkyl halides is 3. The first-order chi connectivity index (χ1) is 14.2. The van der Waals surface area contributed by atoms with E-state index in [9.17, 15) is 22.0 Å². The Hall–Kier alpha value is -3.02. The normalized spacial score (nSPS) is 12.9. The summed E-state index contributed by atoms with van der Waals surface area (Å²) < 4.78 is 73.9. The zero-order valence-corrected chi connectivity index (χ0v) is 16.1. The van der Waals surface area contributed by atoms with Crippen molar-refractivity contribution in [3.63, 3.8) is 0 Å². The lowest BCUT2D eigenvalue weighted by molar-refractivity contribution is -0.138. The van der Waals surface area contributed by atoms with E-state index in [1.165, 1.54) is 12.3 Å². The van der Waals surface area contributed by atoms with Gasteiger partial charge in [0.1, 0.15) is 29.2 Å². The number of hydrogen-bond acceptors (Lipinski definition) is 6. The number of hydrogen-bond donors (Lipinski definition) is 2. The van der Waals surface area contributed by atoms with E-state index in [0.717, 1.165) is 23.6 Å². The SMILES string of the molecule is CNCCCOc1cc(F)c(-c2nc3nccc(N[C@@H](C)C(F)(F)F)n3n2)c(F)c1. The Bertz CT molecular complexity index is 999. The molecule has 2 N–H and O–H groups in total. The topological polar surface area (TPSA) is 76.4 Å². The molecule has 0 saturated heterocycles. The second kappa shape index (κ2) is 8.78. The van der Waals surface area contributed by atoms with Crippen molar-refractivity contribution in [3.05, 3.63) is 36.0 Å². The molecule has 0 aliphatic heterocycles. The summed E-state index contributed by atoms with van der Waals surface area (Å²) in [6.07, 6.45) is -2.64. The lowest BCUT2D eigenvalue weighted by Crippen LogP contribution is -2.33. The third kappa shape index (κ3) is 4.75. The molecule has 162 valence electrons. The minimum atomic E-state index is -4.50. The van der Waals surface area contributed by atoms with Gasteiger partial charge in [-0.25, -0.2) is 13.8 Å². The number of nitrogens with zero attached hydrogens (tertiary/aromatic N) is 4. The summed E-state index contributed by atoms with van der Waals surface area (Å²) in [5, 5.41) is 9.11. The van der Waals surface area contributed by atoms with Crippen LogP contribution < -0.4 is 15.4 Å². The average Bonchev–Trinajstić information content (AvgIpc) is 3.08. The van der Waals surface area contributed by atoms with Crippen LogP contribution in [0.1, 0.15) is 13.3 Å². The Kier molecular flexibility index (Phi) is 6.34. The van der Waals surface area contributed by atoms with Crippen LogP contribution in [-0.2, 0) is 0 Å². The van der Waals surface area contributed by atoms with Gasteiger partial charge in [-0.2, -0.15) is 22.7 Å². The first-order valence-corrected chi connectivity index (χ1v) is 9.02. The first kappa shape index (κ1) is 21.7. The molecule has 0 amide bonds. The number of aromatic nitrogens is 4. The summed E-state index contributed by atoms with van der Waals surface area (Å²) in [7, 11) is 1.77. The van der Waals surface area contributed by atoms with Gasteiger partial charge in [-0.1, -0.05) is 0 Å². The van der Waals surface area contributed by atoms with E-state index in [2.05, 4.69) is 25.7 Å². The van der Waals surface area contributed by atoms with Crippen molar-refractivity contribution < 1.29 is 26.7 Å². The molecule has 0 spiro atoms. The maximum Gasteiger partial charge on any atom is 0.408 e. The van der Waals surface area contributed by atoms with E-state index >= 15 is 0 Å². The molecule has 0 radical (unpaired) electrons. The van der Waals surface area contributed by atoms with E-state index in [1.54, 1.807) is 7.05 Å². The van der Waals surface area contributed by atoms with Crippen LogP contribution in [0.4, 0.5) is 27.8 Å². The van der Waals surface area contributed by atoms with Gasteiger partial charge in [0.15, 0.2) is 5.82 Å². The lowest BCUT2D eigenvalue weighted by atomic mass is 10.2. The van der Waals surface area contributed by atoms with Crippen molar-refractivity contribution in [2.24, 2.45) is 0 Å². The molecule has 0 fully saturated rings. The summed E-state index contributed by atoms with van der Waals surface area (Å²) in [6, 6.07) is 1.37. The molecule has 1 aromatic carbocycles. The van der Waals surface area contributed by atoms with E-state index in [4.69, 9.17) is 4.74 Å². The fraction of sp³-hybridized carbons (Fsp3) is 0.389. The highest BCUT2D eigenvalue weighted by molar-refractivity contribution is 5.61. The molecular formula is C18H19F5N6O. The monoisotopic (exact) mass is 430 g/mol. The number of ether oxygens (including phenoxy) is 1. The molecule has 30 heavy (non-hydrogen) atoms. The number of benzene rings is 1. The van der Waals surface area contributed by atoms with Gasteiger partial charge in [-0.3, -0.25) is 0 Å². The predicted molar refractivity (Wildman–Crippen MR) is 99.3 cm³/mol. The molecule has 7 nitrogen and oxygen atoms in total. The van der Waals surface area contributed by atoms with Gasteiger partial charge in [-0.15, -0.1) is 5.10 Å². The Labute approximate surface area is 168 Å². The third-order valence-electron chi connectivity index (χ3n) is 4.18. The molecule has 0 aliphatic rings. The van der Waals surface area contributed by atoms with E-state index in [-0.39, 0.29) is 29.8 Å².